The van der Waals surface area contributed by atoms with Crippen molar-refractivity contribution in [2.75, 3.05) is 38.2 Å². The maximum atomic E-state index is 13.0. The number of nitrogens with zero attached hydrogens (tertiary/aromatic N) is 1. The minimum Gasteiger partial charge on any atom is -0.461 e. The van der Waals surface area contributed by atoms with E-state index in [4.69, 9.17) is 14.2 Å². The van der Waals surface area contributed by atoms with Crippen LogP contribution in [0.3, 0.4) is 0 Å². The van der Waals surface area contributed by atoms with E-state index >= 15 is 0 Å². The van der Waals surface area contributed by atoms with E-state index in [-0.39, 0.29) is 24.2 Å². The number of hydrogen-bond acceptors (Lipinski definition) is 6. The number of benzene rings is 1. The van der Waals surface area contributed by atoms with Gasteiger partial charge >= 0.3 is 5.97 Å². The average Bonchev–Trinajstić information content (AvgIpc) is 3.33. The van der Waals surface area contributed by atoms with Crippen molar-refractivity contribution in [2.45, 2.75) is 38.5 Å². The van der Waals surface area contributed by atoms with E-state index < -0.39 is 11.8 Å². The molecule has 1 amide bonds. The maximum Gasteiger partial charge on any atom is 0.356 e. The molecule has 0 radical (unpaired) electrons. The first-order chi connectivity index (χ1) is 14.0. The van der Waals surface area contributed by atoms with Gasteiger partial charge in [0.25, 0.3) is 0 Å². The van der Waals surface area contributed by atoms with E-state index in [0.717, 1.165) is 23.7 Å². The molecule has 0 saturated carbocycles. The Morgan fingerprint density at radius 2 is 1.93 bits per heavy atom. The zero-order valence-electron chi connectivity index (χ0n) is 16.8. The Kier molecular flexibility index (Phi) is 5.58. The second kappa shape index (κ2) is 8.14. The second-order valence-corrected chi connectivity index (χ2v) is 7.45. The number of likely N-dealkylation sites (tertiary alicyclic amines) is 1. The number of piperidine rings is 1. The quantitative estimate of drug-likeness (QED) is 0.748. The van der Waals surface area contributed by atoms with Crippen LogP contribution in [0.2, 0.25) is 0 Å². The van der Waals surface area contributed by atoms with Gasteiger partial charge in [0.05, 0.1) is 31.5 Å². The van der Waals surface area contributed by atoms with Crippen LogP contribution in [0.5, 0.6) is 0 Å². The molecule has 2 fully saturated rings. The largest absolute Gasteiger partial charge is 0.461 e. The molecule has 2 aromatic rings. The molecule has 8 heteroatoms. The minimum absolute atomic E-state index is 0.162. The summed E-state index contributed by atoms with van der Waals surface area (Å²) in [5.41, 5.74) is 1.50. The lowest BCUT2D eigenvalue weighted by Gasteiger charge is -2.39. The van der Waals surface area contributed by atoms with E-state index in [1.54, 1.807) is 6.92 Å². The standard InChI is InChI=1S/C21H27N3O5/c1-3-27-20(26)18-17(15-6-4-5-7-16(15)22-18)23-19(25)14(2)24-10-8-21(9-11-24)28-12-13-29-21/h4-7,14,22H,3,8-13H2,1-2H3,(H,23,25). The van der Waals surface area contributed by atoms with Gasteiger partial charge in [0.1, 0.15) is 5.69 Å². The average molecular weight is 401 g/mol. The van der Waals surface area contributed by atoms with Crippen molar-refractivity contribution in [3.63, 3.8) is 0 Å². The summed E-state index contributed by atoms with van der Waals surface area (Å²) >= 11 is 0. The highest BCUT2D eigenvalue weighted by Gasteiger charge is 2.41. The molecule has 1 aromatic heterocycles. The Labute approximate surface area is 169 Å². The molecule has 8 nitrogen and oxygen atoms in total. The Morgan fingerprint density at radius 3 is 2.62 bits per heavy atom. The Hall–Kier alpha value is -2.42. The number of amides is 1. The highest BCUT2D eigenvalue weighted by atomic mass is 16.7. The van der Waals surface area contributed by atoms with Gasteiger partial charge < -0.3 is 24.5 Å². The summed E-state index contributed by atoms with van der Waals surface area (Å²) in [5, 5.41) is 3.73. The molecular weight excluding hydrogens is 374 g/mol. The molecule has 2 aliphatic heterocycles. The number of fused-ring (bicyclic) bond motifs is 1. The molecule has 0 bridgehead atoms. The van der Waals surface area contributed by atoms with Gasteiger partial charge in [0.2, 0.25) is 5.91 Å². The molecule has 2 aliphatic rings. The van der Waals surface area contributed by atoms with Crippen LogP contribution in [0, 0.1) is 0 Å². The third kappa shape index (κ3) is 3.88. The van der Waals surface area contributed by atoms with Crippen molar-refractivity contribution in [1.82, 2.24) is 9.88 Å². The zero-order valence-corrected chi connectivity index (χ0v) is 16.8. The number of esters is 1. The molecule has 156 valence electrons. The van der Waals surface area contributed by atoms with Gasteiger partial charge in [0, 0.05) is 36.8 Å². The first kappa shape index (κ1) is 19.9. The third-order valence-electron chi connectivity index (χ3n) is 5.73. The summed E-state index contributed by atoms with van der Waals surface area (Å²) in [6, 6.07) is 7.13. The molecule has 1 aromatic carbocycles. The first-order valence-electron chi connectivity index (χ1n) is 10.1. The van der Waals surface area contributed by atoms with Crippen LogP contribution in [0.1, 0.15) is 37.2 Å². The molecule has 1 atom stereocenters. The van der Waals surface area contributed by atoms with E-state index in [1.165, 1.54) is 0 Å². The monoisotopic (exact) mass is 401 g/mol. The van der Waals surface area contributed by atoms with Crippen molar-refractivity contribution in [2.24, 2.45) is 0 Å². The zero-order chi connectivity index (χ0) is 20.4. The molecule has 1 unspecified atom stereocenters. The lowest BCUT2D eigenvalue weighted by molar-refractivity contribution is -0.187. The highest BCUT2D eigenvalue weighted by Crippen LogP contribution is 2.33. The highest BCUT2D eigenvalue weighted by molar-refractivity contribution is 6.11. The third-order valence-corrected chi connectivity index (χ3v) is 5.73. The summed E-state index contributed by atoms with van der Waals surface area (Å²) in [5.74, 6) is -1.12. The van der Waals surface area contributed by atoms with Crippen LogP contribution in [-0.2, 0) is 19.0 Å². The van der Waals surface area contributed by atoms with Gasteiger partial charge in [-0.15, -0.1) is 0 Å². The lowest BCUT2D eigenvalue weighted by Crippen LogP contribution is -2.51. The molecule has 0 aliphatic carbocycles. The van der Waals surface area contributed by atoms with Crippen molar-refractivity contribution < 1.29 is 23.8 Å². The van der Waals surface area contributed by atoms with Gasteiger partial charge in [-0.25, -0.2) is 4.79 Å². The van der Waals surface area contributed by atoms with Crippen molar-refractivity contribution in [1.29, 1.82) is 0 Å². The molecule has 1 spiro atoms. The van der Waals surface area contributed by atoms with Crippen LogP contribution in [0.25, 0.3) is 10.9 Å². The Morgan fingerprint density at radius 1 is 1.24 bits per heavy atom. The smallest absolute Gasteiger partial charge is 0.356 e. The maximum absolute atomic E-state index is 13.0. The van der Waals surface area contributed by atoms with E-state index in [9.17, 15) is 9.59 Å². The minimum atomic E-state index is -0.484. The van der Waals surface area contributed by atoms with Gasteiger partial charge in [-0.05, 0) is 19.9 Å². The van der Waals surface area contributed by atoms with E-state index in [2.05, 4.69) is 15.2 Å². The second-order valence-electron chi connectivity index (χ2n) is 7.45. The summed E-state index contributed by atoms with van der Waals surface area (Å²) in [6.45, 7) is 6.59. The van der Waals surface area contributed by atoms with Gasteiger partial charge in [-0.3, -0.25) is 9.69 Å². The number of hydrogen-bond donors (Lipinski definition) is 2. The van der Waals surface area contributed by atoms with Crippen molar-refractivity contribution in [3.8, 4) is 0 Å². The fourth-order valence-corrected chi connectivity index (χ4v) is 4.06. The van der Waals surface area contributed by atoms with Crippen LogP contribution in [-0.4, -0.2) is 66.5 Å². The number of carbonyl (C=O) groups is 2. The van der Waals surface area contributed by atoms with Crippen LogP contribution in [0.4, 0.5) is 5.69 Å². The molecule has 3 heterocycles. The van der Waals surface area contributed by atoms with Crippen LogP contribution < -0.4 is 5.32 Å². The fraction of sp³-hybridized carbons (Fsp3) is 0.524. The first-order valence-corrected chi connectivity index (χ1v) is 10.1. The molecule has 2 N–H and O–H groups in total. The summed E-state index contributed by atoms with van der Waals surface area (Å²) in [7, 11) is 0. The summed E-state index contributed by atoms with van der Waals surface area (Å²) < 4.78 is 16.7. The number of para-hydroxylation sites is 1. The van der Waals surface area contributed by atoms with Gasteiger partial charge in [-0.1, -0.05) is 18.2 Å². The SMILES string of the molecule is CCOC(=O)c1[nH]c2ccccc2c1NC(=O)C(C)N1CCC2(CC1)OCCO2. The Balaban J connectivity index is 1.49. The number of ether oxygens (including phenoxy) is 3. The van der Waals surface area contributed by atoms with Crippen molar-refractivity contribution in [3.05, 3.63) is 30.0 Å². The van der Waals surface area contributed by atoms with Crippen molar-refractivity contribution >= 4 is 28.5 Å². The molecular formula is C21H27N3O5. The predicted molar refractivity (Wildman–Crippen MR) is 108 cm³/mol. The number of anilines is 1. The predicted octanol–water partition coefficient (Wildman–Crippen LogP) is 2.51. The summed E-state index contributed by atoms with van der Waals surface area (Å²) in [6.07, 6.45) is 1.48. The lowest BCUT2D eigenvalue weighted by atomic mass is 10.0. The fourth-order valence-electron chi connectivity index (χ4n) is 4.06. The molecule has 29 heavy (non-hydrogen) atoms. The van der Waals surface area contributed by atoms with E-state index in [1.807, 2.05) is 31.2 Å². The molecule has 4 rings (SSSR count). The topological polar surface area (TPSA) is 92.9 Å². The number of carbonyl (C=O) groups excluding carboxylic acids is 2. The number of aromatic nitrogens is 1. The Bertz CT molecular complexity index is 893. The van der Waals surface area contributed by atoms with Gasteiger partial charge in [0.15, 0.2) is 5.79 Å². The number of nitrogens with one attached hydrogen (secondary N) is 2. The number of H-pyrrole nitrogens is 1. The normalized spacial score (nSPS) is 20.1. The van der Waals surface area contributed by atoms with Gasteiger partial charge in [-0.2, -0.15) is 0 Å². The van der Waals surface area contributed by atoms with Crippen LogP contribution >= 0.6 is 0 Å². The number of aromatic amines is 1. The van der Waals surface area contributed by atoms with E-state index in [0.29, 0.717) is 32.0 Å². The number of rotatable bonds is 5. The summed E-state index contributed by atoms with van der Waals surface area (Å²) in [4.78, 5) is 30.6. The van der Waals surface area contributed by atoms with Crippen LogP contribution in [0.15, 0.2) is 24.3 Å². The molecule has 2 saturated heterocycles.